The Morgan fingerprint density at radius 2 is 2.03 bits per heavy atom. The SMILES string of the molecule is CCCC[C@@H]1S/C(=N\N=C/c2cccc([N+](=O)[O-])c2)N(Cc2ccc(F)cc2)C1=O. The Morgan fingerprint density at radius 1 is 1.27 bits per heavy atom. The molecule has 1 amide bonds. The zero-order chi connectivity index (χ0) is 21.5. The van der Waals surface area contributed by atoms with Crippen molar-refractivity contribution in [2.45, 2.75) is 38.0 Å². The van der Waals surface area contributed by atoms with Gasteiger partial charge in [-0.05, 0) is 24.1 Å². The second-order valence-corrected chi connectivity index (χ2v) is 7.95. The Kier molecular flexibility index (Phi) is 7.29. The summed E-state index contributed by atoms with van der Waals surface area (Å²) >= 11 is 1.36. The number of benzene rings is 2. The van der Waals surface area contributed by atoms with E-state index in [4.69, 9.17) is 0 Å². The monoisotopic (exact) mass is 428 g/mol. The molecule has 156 valence electrons. The van der Waals surface area contributed by atoms with Crippen LogP contribution in [0.25, 0.3) is 0 Å². The second kappa shape index (κ2) is 10.1. The molecule has 0 radical (unpaired) electrons. The number of nitrogens with zero attached hydrogens (tertiary/aromatic N) is 4. The number of thioether (sulfide) groups is 1. The highest BCUT2D eigenvalue weighted by atomic mass is 32.2. The first-order chi connectivity index (χ1) is 14.5. The Bertz CT molecular complexity index is 978. The van der Waals surface area contributed by atoms with E-state index >= 15 is 0 Å². The van der Waals surface area contributed by atoms with Crippen LogP contribution < -0.4 is 0 Å². The molecular formula is C21H21FN4O3S. The van der Waals surface area contributed by atoms with Gasteiger partial charge in [-0.25, -0.2) is 4.39 Å². The van der Waals surface area contributed by atoms with Gasteiger partial charge < -0.3 is 0 Å². The molecule has 0 unspecified atom stereocenters. The van der Waals surface area contributed by atoms with Crippen molar-refractivity contribution < 1.29 is 14.1 Å². The molecule has 1 fully saturated rings. The van der Waals surface area contributed by atoms with E-state index in [1.807, 2.05) is 0 Å². The van der Waals surface area contributed by atoms with Crippen LogP contribution in [0.15, 0.2) is 58.7 Å². The zero-order valence-electron chi connectivity index (χ0n) is 16.4. The maximum atomic E-state index is 13.2. The van der Waals surface area contributed by atoms with Crippen LogP contribution in [-0.4, -0.2) is 32.4 Å². The number of hydrogen-bond donors (Lipinski definition) is 0. The maximum Gasteiger partial charge on any atom is 0.270 e. The van der Waals surface area contributed by atoms with Crippen LogP contribution in [0.5, 0.6) is 0 Å². The molecule has 1 aliphatic heterocycles. The molecule has 30 heavy (non-hydrogen) atoms. The highest BCUT2D eigenvalue weighted by Crippen LogP contribution is 2.32. The van der Waals surface area contributed by atoms with Crippen molar-refractivity contribution in [1.82, 2.24) is 4.90 Å². The number of hydrogen-bond acceptors (Lipinski definition) is 6. The minimum absolute atomic E-state index is 0.0328. The van der Waals surface area contributed by atoms with Gasteiger partial charge in [0.1, 0.15) is 5.82 Å². The highest BCUT2D eigenvalue weighted by molar-refractivity contribution is 8.15. The van der Waals surface area contributed by atoms with Gasteiger partial charge in [-0.3, -0.25) is 19.8 Å². The molecule has 1 atom stereocenters. The summed E-state index contributed by atoms with van der Waals surface area (Å²) in [5.74, 6) is -0.376. The van der Waals surface area contributed by atoms with Crippen LogP contribution in [-0.2, 0) is 11.3 Å². The fraction of sp³-hybridized carbons (Fsp3) is 0.286. The lowest BCUT2D eigenvalue weighted by Gasteiger charge is -2.15. The average molecular weight is 428 g/mol. The Balaban J connectivity index is 1.80. The van der Waals surface area contributed by atoms with E-state index in [1.165, 1.54) is 42.2 Å². The number of non-ortho nitro benzene ring substituents is 1. The molecule has 0 aliphatic carbocycles. The van der Waals surface area contributed by atoms with Crippen LogP contribution >= 0.6 is 11.8 Å². The molecule has 1 saturated heterocycles. The first kappa shape index (κ1) is 21.6. The molecule has 7 nitrogen and oxygen atoms in total. The third-order valence-corrected chi connectivity index (χ3v) is 5.76. The van der Waals surface area contributed by atoms with Crippen LogP contribution in [0, 0.1) is 15.9 Å². The van der Waals surface area contributed by atoms with Gasteiger partial charge in [0.2, 0.25) is 5.91 Å². The number of carbonyl (C=O) groups is 1. The summed E-state index contributed by atoms with van der Waals surface area (Å²) in [6, 6.07) is 12.0. The number of nitro benzene ring substituents is 1. The smallest absolute Gasteiger partial charge is 0.270 e. The van der Waals surface area contributed by atoms with E-state index in [1.54, 1.807) is 29.2 Å². The standard InChI is InChI=1S/C21H21FN4O3S/c1-2-3-7-19-20(27)25(14-15-8-10-17(22)11-9-15)21(30-19)24-23-13-16-5-4-6-18(12-16)26(28)29/h4-6,8-13,19H,2-3,7,14H2,1H3/b23-13-,24-21-/t19-/m0/s1. The van der Waals surface area contributed by atoms with Crippen molar-refractivity contribution in [2.24, 2.45) is 10.2 Å². The maximum absolute atomic E-state index is 13.2. The minimum Gasteiger partial charge on any atom is -0.284 e. The minimum atomic E-state index is -0.475. The van der Waals surface area contributed by atoms with E-state index in [0.29, 0.717) is 10.7 Å². The number of nitro groups is 1. The Labute approximate surface area is 177 Å². The number of amidine groups is 1. The Morgan fingerprint density at radius 3 is 2.73 bits per heavy atom. The third kappa shape index (κ3) is 5.50. The molecule has 0 spiro atoms. The van der Waals surface area contributed by atoms with Gasteiger partial charge >= 0.3 is 0 Å². The summed E-state index contributed by atoms with van der Waals surface area (Å²) in [5.41, 5.74) is 1.29. The molecule has 2 aromatic rings. The fourth-order valence-electron chi connectivity index (χ4n) is 2.94. The van der Waals surface area contributed by atoms with Crippen LogP contribution in [0.3, 0.4) is 0 Å². The predicted octanol–water partition coefficient (Wildman–Crippen LogP) is 4.76. The molecule has 9 heteroatoms. The Hall–Kier alpha value is -3.07. The van der Waals surface area contributed by atoms with Crippen LogP contribution in [0.2, 0.25) is 0 Å². The molecule has 0 saturated carbocycles. The lowest BCUT2D eigenvalue weighted by Crippen LogP contribution is -2.31. The second-order valence-electron chi connectivity index (χ2n) is 6.78. The van der Waals surface area contributed by atoms with Gasteiger partial charge in [0, 0.05) is 17.7 Å². The van der Waals surface area contributed by atoms with Gasteiger partial charge in [0.15, 0.2) is 5.17 Å². The summed E-state index contributed by atoms with van der Waals surface area (Å²) < 4.78 is 13.2. The molecule has 2 aromatic carbocycles. The molecule has 1 aliphatic rings. The quantitative estimate of drug-likeness (QED) is 0.345. The molecule has 3 rings (SSSR count). The van der Waals surface area contributed by atoms with E-state index in [0.717, 1.165) is 24.8 Å². The summed E-state index contributed by atoms with van der Waals surface area (Å²) in [5, 5.41) is 19.4. The normalized spacial score (nSPS) is 17.9. The summed E-state index contributed by atoms with van der Waals surface area (Å²) in [4.78, 5) is 24.8. The molecular weight excluding hydrogens is 407 g/mol. The molecule has 0 N–H and O–H groups in total. The van der Waals surface area contributed by atoms with Crippen molar-refractivity contribution in [3.63, 3.8) is 0 Å². The average Bonchev–Trinajstić information content (AvgIpc) is 3.03. The number of unbranched alkanes of at least 4 members (excludes halogenated alkanes) is 1. The highest BCUT2D eigenvalue weighted by Gasteiger charge is 2.37. The van der Waals surface area contributed by atoms with Gasteiger partial charge in [0.25, 0.3) is 5.69 Å². The first-order valence-corrected chi connectivity index (χ1v) is 10.4. The third-order valence-electron chi connectivity index (χ3n) is 4.52. The van der Waals surface area contributed by atoms with Crippen molar-refractivity contribution in [3.05, 3.63) is 75.6 Å². The molecule has 1 heterocycles. The van der Waals surface area contributed by atoms with Gasteiger partial charge in [-0.2, -0.15) is 5.10 Å². The van der Waals surface area contributed by atoms with Crippen molar-refractivity contribution >= 4 is 34.7 Å². The number of carbonyl (C=O) groups excluding carboxylic acids is 1. The number of rotatable bonds is 8. The first-order valence-electron chi connectivity index (χ1n) is 9.56. The summed E-state index contributed by atoms with van der Waals surface area (Å²) in [6.07, 6.45) is 4.08. The molecule has 0 bridgehead atoms. The van der Waals surface area contributed by atoms with E-state index in [9.17, 15) is 19.3 Å². The van der Waals surface area contributed by atoms with Crippen LogP contribution in [0.4, 0.5) is 10.1 Å². The summed E-state index contributed by atoms with van der Waals surface area (Å²) in [6.45, 7) is 2.35. The van der Waals surface area contributed by atoms with Crippen molar-refractivity contribution in [3.8, 4) is 0 Å². The van der Waals surface area contributed by atoms with E-state index in [2.05, 4.69) is 17.1 Å². The summed E-state index contributed by atoms with van der Waals surface area (Å²) in [7, 11) is 0. The van der Waals surface area contributed by atoms with Crippen molar-refractivity contribution in [2.75, 3.05) is 0 Å². The van der Waals surface area contributed by atoms with Gasteiger partial charge in [0.05, 0.1) is 22.9 Å². The van der Waals surface area contributed by atoms with E-state index in [-0.39, 0.29) is 29.2 Å². The van der Waals surface area contributed by atoms with Gasteiger partial charge in [-0.1, -0.05) is 55.8 Å². The van der Waals surface area contributed by atoms with Crippen LogP contribution in [0.1, 0.15) is 37.3 Å². The largest absolute Gasteiger partial charge is 0.284 e. The van der Waals surface area contributed by atoms with Crippen molar-refractivity contribution in [1.29, 1.82) is 0 Å². The lowest BCUT2D eigenvalue weighted by atomic mass is 10.1. The zero-order valence-corrected chi connectivity index (χ0v) is 17.2. The number of halogens is 1. The molecule has 0 aromatic heterocycles. The van der Waals surface area contributed by atoms with E-state index < -0.39 is 4.92 Å². The number of amides is 1. The topological polar surface area (TPSA) is 88.2 Å². The van der Waals surface area contributed by atoms with Gasteiger partial charge in [-0.15, -0.1) is 5.10 Å². The predicted molar refractivity (Wildman–Crippen MR) is 116 cm³/mol. The lowest BCUT2D eigenvalue weighted by molar-refractivity contribution is -0.384. The fourth-order valence-corrected chi connectivity index (χ4v) is 4.08.